The molecule has 0 saturated carbocycles. The van der Waals surface area contributed by atoms with Gasteiger partial charge in [-0.3, -0.25) is 4.99 Å². The Morgan fingerprint density at radius 1 is 1.21 bits per heavy atom. The number of benzene rings is 1. The Morgan fingerprint density at radius 3 is 2.39 bits per heavy atom. The standard InChI is InChI=1S/C14H14ClF3N4O3S2.HI/c15-11-5-6-12(26-11)27(23,24)21-8-7-20-13(19)22-9-1-3-10(4-2-9)25-14(16,17)18;/h1-6,21H,7-8H2,(H3,19,20,22);1H. The first-order valence-electron chi connectivity index (χ1n) is 7.23. The number of hydrogen-bond donors (Lipinski definition) is 3. The second kappa shape index (κ2) is 10.5. The molecule has 0 aliphatic carbocycles. The summed E-state index contributed by atoms with van der Waals surface area (Å²) in [6, 6.07) is 7.75. The van der Waals surface area contributed by atoms with Gasteiger partial charge in [0.1, 0.15) is 9.96 Å². The number of aliphatic imine (C=N–C) groups is 1. The van der Waals surface area contributed by atoms with Gasteiger partial charge in [0, 0.05) is 12.2 Å². The highest BCUT2D eigenvalue weighted by Crippen LogP contribution is 2.25. The summed E-state index contributed by atoms with van der Waals surface area (Å²) in [7, 11) is -3.67. The van der Waals surface area contributed by atoms with E-state index in [9.17, 15) is 21.6 Å². The van der Waals surface area contributed by atoms with Crippen LogP contribution in [0.2, 0.25) is 4.34 Å². The highest BCUT2D eigenvalue weighted by atomic mass is 127. The third-order valence-corrected chi connectivity index (χ3v) is 6.04. The van der Waals surface area contributed by atoms with Crippen molar-refractivity contribution in [1.29, 1.82) is 0 Å². The first-order chi connectivity index (χ1) is 12.5. The van der Waals surface area contributed by atoms with E-state index in [1.54, 1.807) is 0 Å². The summed E-state index contributed by atoms with van der Waals surface area (Å²) in [6.45, 7) is 0.0467. The summed E-state index contributed by atoms with van der Waals surface area (Å²) >= 11 is 6.63. The molecule has 0 bridgehead atoms. The second-order valence-corrected chi connectivity index (χ2v) is 8.63. The van der Waals surface area contributed by atoms with Crippen molar-refractivity contribution < 1.29 is 26.3 Å². The third kappa shape index (κ3) is 8.38. The Morgan fingerprint density at radius 2 is 1.86 bits per heavy atom. The van der Waals surface area contributed by atoms with Crippen molar-refractivity contribution in [2.75, 3.05) is 18.4 Å². The third-order valence-electron chi connectivity index (χ3n) is 2.86. The summed E-state index contributed by atoms with van der Waals surface area (Å²) < 4.78 is 66.7. The summed E-state index contributed by atoms with van der Waals surface area (Å²) in [6.07, 6.45) is -4.77. The van der Waals surface area contributed by atoms with Gasteiger partial charge in [-0.05, 0) is 36.4 Å². The van der Waals surface area contributed by atoms with E-state index in [2.05, 4.69) is 19.8 Å². The monoisotopic (exact) mass is 570 g/mol. The van der Waals surface area contributed by atoms with E-state index >= 15 is 0 Å². The highest BCUT2D eigenvalue weighted by Gasteiger charge is 2.30. The number of nitrogens with one attached hydrogen (secondary N) is 2. The number of thiophene rings is 1. The van der Waals surface area contributed by atoms with Crippen molar-refractivity contribution in [2.45, 2.75) is 10.6 Å². The zero-order chi connectivity index (χ0) is 20.1. The molecule has 0 fully saturated rings. The zero-order valence-corrected chi connectivity index (χ0v) is 18.6. The molecule has 0 unspecified atom stereocenters. The number of guanidine groups is 1. The van der Waals surface area contributed by atoms with E-state index in [1.165, 1.54) is 24.3 Å². The highest BCUT2D eigenvalue weighted by molar-refractivity contribution is 14.0. The van der Waals surface area contributed by atoms with Crippen LogP contribution in [-0.4, -0.2) is 33.8 Å². The van der Waals surface area contributed by atoms with E-state index in [4.69, 9.17) is 17.3 Å². The quantitative estimate of drug-likeness (QED) is 0.204. The van der Waals surface area contributed by atoms with Crippen molar-refractivity contribution in [2.24, 2.45) is 10.7 Å². The SMILES string of the molecule is I.NC(=NCCNS(=O)(=O)c1ccc(Cl)s1)Nc1ccc(OC(F)(F)F)cc1. The minimum Gasteiger partial charge on any atom is -0.406 e. The van der Waals surface area contributed by atoms with E-state index in [0.29, 0.717) is 10.0 Å². The van der Waals surface area contributed by atoms with Crippen molar-refractivity contribution in [3.8, 4) is 5.75 Å². The van der Waals surface area contributed by atoms with Crippen LogP contribution >= 0.6 is 46.9 Å². The number of nitrogens with two attached hydrogens (primary N) is 1. The fourth-order valence-electron chi connectivity index (χ4n) is 1.80. The predicted octanol–water partition coefficient (Wildman–Crippen LogP) is 3.62. The molecular weight excluding hydrogens is 556 g/mol. The Labute approximate surface area is 185 Å². The second-order valence-electron chi connectivity index (χ2n) is 4.92. The molecule has 1 heterocycles. The van der Waals surface area contributed by atoms with E-state index < -0.39 is 16.4 Å². The van der Waals surface area contributed by atoms with Gasteiger partial charge in [0.25, 0.3) is 0 Å². The van der Waals surface area contributed by atoms with Crippen LogP contribution in [0.5, 0.6) is 5.75 Å². The Bertz CT molecular complexity index is 905. The maximum atomic E-state index is 12.1. The van der Waals surface area contributed by atoms with Crippen molar-refractivity contribution >= 4 is 68.6 Å². The Balaban J connectivity index is 0.00000392. The first-order valence-corrected chi connectivity index (χ1v) is 9.91. The molecule has 0 amide bonds. The molecule has 1 aromatic heterocycles. The molecule has 2 rings (SSSR count). The minimum atomic E-state index is -4.77. The van der Waals surface area contributed by atoms with Gasteiger partial charge in [-0.2, -0.15) is 0 Å². The van der Waals surface area contributed by atoms with E-state index in [1.807, 2.05) is 0 Å². The lowest BCUT2D eigenvalue weighted by atomic mass is 10.3. The van der Waals surface area contributed by atoms with Crippen LogP contribution in [0.15, 0.2) is 45.6 Å². The van der Waals surface area contributed by atoms with Crippen LogP contribution in [0.1, 0.15) is 0 Å². The fourth-order valence-corrected chi connectivity index (χ4v) is 4.35. The lowest BCUT2D eigenvalue weighted by Gasteiger charge is -2.10. The topological polar surface area (TPSA) is 106 Å². The Hall–Kier alpha value is -1.29. The summed E-state index contributed by atoms with van der Waals surface area (Å²) in [4.78, 5) is 3.93. The molecule has 4 N–H and O–H groups in total. The molecule has 2 aromatic rings. The number of sulfonamides is 1. The molecule has 28 heavy (non-hydrogen) atoms. The summed E-state index contributed by atoms with van der Waals surface area (Å²) in [5.41, 5.74) is 6.03. The number of halogens is 5. The normalized spacial score (nSPS) is 12.4. The predicted molar refractivity (Wildman–Crippen MR) is 113 cm³/mol. The molecule has 1 aromatic carbocycles. The number of alkyl halides is 3. The molecule has 0 spiro atoms. The molecule has 0 radical (unpaired) electrons. The largest absolute Gasteiger partial charge is 0.573 e. The molecule has 14 heteroatoms. The smallest absolute Gasteiger partial charge is 0.406 e. The molecular formula is C14H15ClF3IN4O3S2. The van der Waals surface area contributed by atoms with Crippen LogP contribution in [-0.2, 0) is 10.0 Å². The minimum absolute atomic E-state index is 0. The van der Waals surface area contributed by atoms with E-state index in [-0.39, 0.29) is 53.0 Å². The van der Waals surface area contributed by atoms with Crippen molar-refractivity contribution in [3.05, 3.63) is 40.7 Å². The maximum Gasteiger partial charge on any atom is 0.573 e. The molecule has 0 aliphatic heterocycles. The van der Waals surface area contributed by atoms with Crippen LogP contribution in [0, 0.1) is 0 Å². The maximum absolute atomic E-state index is 12.1. The van der Waals surface area contributed by atoms with Gasteiger partial charge in [0.2, 0.25) is 10.0 Å². The lowest BCUT2D eigenvalue weighted by molar-refractivity contribution is -0.274. The van der Waals surface area contributed by atoms with Gasteiger partial charge in [-0.15, -0.1) is 48.5 Å². The number of anilines is 1. The number of nitrogens with zero attached hydrogens (tertiary/aromatic N) is 1. The van der Waals surface area contributed by atoms with Crippen LogP contribution in [0.25, 0.3) is 0 Å². The fraction of sp³-hybridized carbons (Fsp3) is 0.214. The van der Waals surface area contributed by atoms with Crippen LogP contribution < -0.4 is 20.5 Å². The van der Waals surface area contributed by atoms with Crippen molar-refractivity contribution in [3.63, 3.8) is 0 Å². The molecule has 0 saturated heterocycles. The van der Waals surface area contributed by atoms with Gasteiger partial charge >= 0.3 is 6.36 Å². The average molecular weight is 571 g/mol. The van der Waals surface area contributed by atoms with E-state index in [0.717, 1.165) is 23.5 Å². The number of ether oxygens (including phenoxy) is 1. The summed E-state index contributed by atoms with van der Waals surface area (Å²) in [5.74, 6) is -0.399. The number of rotatable bonds is 7. The molecule has 7 nitrogen and oxygen atoms in total. The zero-order valence-electron chi connectivity index (χ0n) is 13.9. The van der Waals surface area contributed by atoms with Gasteiger partial charge in [-0.25, -0.2) is 13.1 Å². The van der Waals surface area contributed by atoms with Crippen molar-refractivity contribution in [1.82, 2.24) is 4.72 Å². The Kier molecular flexibility index (Phi) is 9.26. The summed E-state index contributed by atoms with van der Waals surface area (Å²) in [5, 5.41) is 2.66. The van der Waals surface area contributed by atoms with Gasteiger partial charge in [0.15, 0.2) is 5.96 Å². The average Bonchev–Trinajstić information content (AvgIpc) is 3.00. The van der Waals surface area contributed by atoms with Gasteiger partial charge in [-0.1, -0.05) is 11.6 Å². The molecule has 0 atom stereocenters. The van der Waals surface area contributed by atoms with Crippen LogP contribution in [0.4, 0.5) is 18.9 Å². The van der Waals surface area contributed by atoms with Gasteiger partial charge < -0.3 is 15.8 Å². The van der Waals surface area contributed by atoms with Gasteiger partial charge in [0.05, 0.1) is 10.9 Å². The molecule has 156 valence electrons. The number of hydrogen-bond acceptors (Lipinski definition) is 5. The molecule has 0 aliphatic rings. The lowest BCUT2D eigenvalue weighted by Crippen LogP contribution is -2.28. The van der Waals surface area contributed by atoms with Crippen LogP contribution in [0.3, 0.4) is 0 Å². The first kappa shape index (κ1) is 24.7.